The van der Waals surface area contributed by atoms with E-state index in [4.69, 9.17) is 23.2 Å². The van der Waals surface area contributed by atoms with E-state index in [2.05, 4.69) is 5.32 Å². The molecule has 3 rings (SSSR count). The number of nitrogens with zero attached hydrogens (tertiary/aromatic N) is 3. The van der Waals surface area contributed by atoms with Crippen molar-refractivity contribution >= 4 is 52.6 Å². The van der Waals surface area contributed by atoms with E-state index in [1.165, 1.54) is 52.3 Å². The van der Waals surface area contributed by atoms with Crippen LogP contribution >= 0.6 is 23.2 Å². The van der Waals surface area contributed by atoms with Crippen LogP contribution in [-0.4, -0.2) is 62.8 Å². The Morgan fingerprint density at radius 2 is 1.74 bits per heavy atom. The second kappa shape index (κ2) is 12.0. The van der Waals surface area contributed by atoms with Gasteiger partial charge in [-0.3, -0.25) is 29.3 Å². The monoisotopic (exact) mass is 578 g/mol. The zero-order valence-corrected chi connectivity index (χ0v) is 23.0. The van der Waals surface area contributed by atoms with Crippen LogP contribution in [0.2, 0.25) is 10.0 Å². The van der Waals surface area contributed by atoms with Gasteiger partial charge in [0.05, 0.1) is 27.4 Å². The molecule has 0 spiro atoms. The van der Waals surface area contributed by atoms with Gasteiger partial charge in [0, 0.05) is 37.2 Å². The molecule has 0 bridgehead atoms. The highest BCUT2D eigenvalue weighted by atomic mass is 35.5. The predicted molar refractivity (Wildman–Crippen MR) is 143 cm³/mol. The summed E-state index contributed by atoms with van der Waals surface area (Å²) in [5, 5.41) is 23.7. The van der Waals surface area contributed by atoms with Crippen molar-refractivity contribution in [1.29, 1.82) is 0 Å². The molecule has 1 heterocycles. The van der Waals surface area contributed by atoms with E-state index in [1.807, 2.05) is 20.8 Å². The summed E-state index contributed by atoms with van der Waals surface area (Å²) in [5.74, 6) is -3.01. The minimum atomic E-state index is -1.39. The Bertz CT molecular complexity index is 1310. The van der Waals surface area contributed by atoms with Gasteiger partial charge in [-0.2, -0.15) is 0 Å². The summed E-state index contributed by atoms with van der Waals surface area (Å²) in [6, 6.07) is 8.32. The first kappa shape index (κ1) is 29.9. The van der Waals surface area contributed by atoms with Crippen molar-refractivity contribution < 1.29 is 29.2 Å². The van der Waals surface area contributed by atoms with Crippen molar-refractivity contribution in [2.24, 2.45) is 5.41 Å². The first-order valence-electron chi connectivity index (χ1n) is 12.0. The standard InChI is InChI=1S/C26H28Cl2N4O7/c1-26(2,3)14-21(33)30-9-10-31(25(37)16-7-8-18(27)19(28)12-16)24(30)23(36)29-20(13-22(34)35)15-5-4-6-17(11-15)32(38)39/h4-8,11-12,20,24H,9-10,13-14H2,1-3H3,(H,29,36)(H,34,35). The van der Waals surface area contributed by atoms with Crippen LogP contribution in [0.3, 0.4) is 0 Å². The fraction of sp³-hybridized carbons (Fsp3) is 0.385. The Morgan fingerprint density at radius 3 is 2.33 bits per heavy atom. The number of benzene rings is 2. The van der Waals surface area contributed by atoms with Crippen molar-refractivity contribution in [3.63, 3.8) is 0 Å². The van der Waals surface area contributed by atoms with Gasteiger partial charge in [-0.25, -0.2) is 0 Å². The van der Waals surface area contributed by atoms with Gasteiger partial charge in [0.1, 0.15) is 0 Å². The van der Waals surface area contributed by atoms with E-state index >= 15 is 0 Å². The number of halogens is 2. The highest BCUT2D eigenvalue weighted by molar-refractivity contribution is 6.42. The number of hydrogen-bond acceptors (Lipinski definition) is 6. The molecule has 0 saturated carbocycles. The van der Waals surface area contributed by atoms with Crippen molar-refractivity contribution in [1.82, 2.24) is 15.1 Å². The number of rotatable bonds is 8. The van der Waals surface area contributed by atoms with E-state index in [0.717, 1.165) is 0 Å². The summed E-state index contributed by atoms with van der Waals surface area (Å²) in [5.41, 5.74) is -0.356. The molecule has 3 amide bonds. The molecule has 2 atom stereocenters. The molecule has 1 saturated heterocycles. The lowest BCUT2D eigenvalue weighted by molar-refractivity contribution is -0.384. The van der Waals surface area contributed by atoms with E-state index in [9.17, 15) is 34.4 Å². The van der Waals surface area contributed by atoms with E-state index in [1.54, 1.807) is 0 Å². The zero-order chi connectivity index (χ0) is 29.1. The molecule has 208 valence electrons. The number of amides is 3. The lowest BCUT2D eigenvalue weighted by Gasteiger charge is -2.32. The van der Waals surface area contributed by atoms with Crippen LogP contribution in [0.4, 0.5) is 5.69 Å². The maximum atomic E-state index is 13.7. The second-order valence-corrected chi connectivity index (χ2v) is 11.2. The first-order chi connectivity index (χ1) is 18.2. The minimum Gasteiger partial charge on any atom is -0.481 e. The third-order valence-corrected chi connectivity index (χ3v) is 6.75. The highest BCUT2D eigenvalue weighted by Crippen LogP contribution is 2.29. The third kappa shape index (κ3) is 7.45. The fourth-order valence-corrected chi connectivity index (χ4v) is 4.56. The topological polar surface area (TPSA) is 150 Å². The number of carboxylic acid groups (broad SMARTS) is 1. The number of non-ortho nitro benzene ring substituents is 1. The second-order valence-electron chi connectivity index (χ2n) is 10.3. The summed E-state index contributed by atoms with van der Waals surface area (Å²) in [7, 11) is 0. The van der Waals surface area contributed by atoms with Crippen LogP contribution < -0.4 is 5.32 Å². The maximum absolute atomic E-state index is 13.7. The SMILES string of the molecule is CC(C)(C)CC(=O)N1CCN(C(=O)c2ccc(Cl)c(Cl)c2)C1C(=O)NC(CC(=O)O)c1cccc([N+](=O)[O-])c1. The zero-order valence-electron chi connectivity index (χ0n) is 21.5. The van der Waals surface area contributed by atoms with E-state index in [-0.39, 0.29) is 52.3 Å². The number of nitrogens with one attached hydrogen (secondary N) is 1. The number of hydrogen-bond donors (Lipinski definition) is 2. The van der Waals surface area contributed by atoms with Crippen LogP contribution in [0.25, 0.3) is 0 Å². The number of nitro benzene ring substituents is 1. The van der Waals surface area contributed by atoms with Gasteiger partial charge in [-0.1, -0.05) is 56.1 Å². The molecule has 1 fully saturated rings. The molecule has 2 unspecified atom stereocenters. The molecule has 13 heteroatoms. The lowest BCUT2D eigenvalue weighted by atomic mass is 9.91. The first-order valence-corrected chi connectivity index (χ1v) is 12.8. The average molecular weight is 579 g/mol. The van der Waals surface area contributed by atoms with E-state index < -0.39 is 46.8 Å². The summed E-state index contributed by atoms with van der Waals surface area (Å²) in [4.78, 5) is 65.1. The van der Waals surface area contributed by atoms with Gasteiger partial charge >= 0.3 is 5.97 Å². The Morgan fingerprint density at radius 1 is 1.08 bits per heavy atom. The third-order valence-electron chi connectivity index (χ3n) is 6.01. The minimum absolute atomic E-state index is 0.0352. The van der Waals surface area contributed by atoms with E-state index in [0.29, 0.717) is 0 Å². The molecule has 2 aromatic rings. The molecular weight excluding hydrogens is 551 g/mol. The van der Waals surface area contributed by atoms with Gasteiger partial charge in [-0.15, -0.1) is 0 Å². The van der Waals surface area contributed by atoms with Crippen molar-refractivity contribution in [3.8, 4) is 0 Å². The van der Waals surface area contributed by atoms with Crippen molar-refractivity contribution in [2.75, 3.05) is 13.1 Å². The molecule has 1 aliphatic rings. The van der Waals surface area contributed by atoms with Gasteiger partial charge in [-0.05, 0) is 29.2 Å². The Balaban J connectivity index is 1.98. The number of aliphatic carboxylic acids is 1. The van der Waals surface area contributed by atoms with Gasteiger partial charge in [0.15, 0.2) is 6.17 Å². The molecule has 39 heavy (non-hydrogen) atoms. The van der Waals surface area contributed by atoms with Crippen LogP contribution in [0, 0.1) is 15.5 Å². The Labute approximate surface area is 234 Å². The van der Waals surface area contributed by atoms with Crippen molar-refractivity contribution in [2.45, 2.75) is 45.8 Å². The molecule has 0 radical (unpaired) electrons. The van der Waals surface area contributed by atoms with Gasteiger partial charge in [0.2, 0.25) is 5.91 Å². The molecule has 1 aliphatic heterocycles. The number of nitro groups is 1. The fourth-order valence-electron chi connectivity index (χ4n) is 4.26. The Kier molecular flexibility index (Phi) is 9.18. The summed E-state index contributed by atoms with van der Waals surface area (Å²) < 4.78 is 0. The normalized spacial score (nSPS) is 16.1. The van der Waals surface area contributed by atoms with Gasteiger partial charge in [0.25, 0.3) is 17.5 Å². The maximum Gasteiger partial charge on any atom is 0.305 e. The number of carbonyl (C=O) groups excluding carboxylic acids is 3. The smallest absolute Gasteiger partial charge is 0.305 e. The van der Waals surface area contributed by atoms with Crippen LogP contribution in [0.5, 0.6) is 0 Å². The van der Waals surface area contributed by atoms with Crippen LogP contribution in [0.15, 0.2) is 42.5 Å². The van der Waals surface area contributed by atoms with Crippen LogP contribution in [0.1, 0.15) is 55.6 Å². The largest absolute Gasteiger partial charge is 0.481 e. The summed E-state index contributed by atoms with van der Waals surface area (Å²) >= 11 is 12.1. The van der Waals surface area contributed by atoms with Crippen molar-refractivity contribution in [3.05, 3.63) is 73.8 Å². The molecular formula is C26H28Cl2N4O7. The molecule has 0 aliphatic carbocycles. The Hall–Kier alpha value is -3.70. The summed E-state index contributed by atoms with van der Waals surface area (Å²) in [6.45, 7) is 5.69. The molecule has 2 aromatic carbocycles. The molecule has 2 N–H and O–H groups in total. The quantitative estimate of drug-likeness (QED) is 0.350. The summed E-state index contributed by atoms with van der Waals surface area (Å²) in [6.07, 6.45) is -1.89. The number of carboxylic acids is 1. The molecule has 11 nitrogen and oxygen atoms in total. The highest BCUT2D eigenvalue weighted by Gasteiger charge is 2.44. The molecule has 0 aromatic heterocycles. The lowest BCUT2D eigenvalue weighted by Crippen LogP contribution is -2.54. The number of carbonyl (C=O) groups is 4. The van der Waals surface area contributed by atoms with Gasteiger partial charge < -0.3 is 20.2 Å². The average Bonchev–Trinajstić information content (AvgIpc) is 3.29. The predicted octanol–water partition coefficient (Wildman–Crippen LogP) is 4.28. The van der Waals surface area contributed by atoms with Crippen LogP contribution in [-0.2, 0) is 14.4 Å².